The van der Waals surface area contributed by atoms with Gasteiger partial charge >= 0.3 is 6.03 Å². The van der Waals surface area contributed by atoms with E-state index in [0.29, 0.717) is 63.3 Å². The molecule has 2 amide bonds. The average Bonchev–Trinajstić information content (AvgIpc) is 3.25. The molecule has 0 aromatic heterocycles. The maximum atomic E-state index is 12.7. The predicted molar refractivity (Wildman–Crippen MR) is 237 cm³/mol. The summed E-state index contributed by atoms with van der Waals surface area (Å²) in [6.07, 6.45) is 0. The molecule has 0 atom stereocenters. The molecule has 21 nitrogen and oxygen atoms in total. The first kappa shape index (κ1) is 46.1. The smallest absolute Gasteiger partial charge is 0.308 e. The van der Waals surface area contributed by atoms with E-state index in [1.54, 1.807) is 84.9 Å². The van der Waals surface area contributed by atoms with E-state index in [9.17, 15) is 43.7 Å². The van der Waals surface area contributed by atoms with Crippen LogP contribution in [0.1, 0.15) is 5.56 Å². The van der Waals surface area contributed by atoms with Crippen LogP contribution in [0.4, 0.5) is 50.3 Å². The highest BCUT2D eigenvalue weighted by atomic mass is 32.2. The number of fused-ring (bicyclic) bond motifs is 2. The molecule has 332 valence electrons. The van der Waals surface area contributed by atoms with Crippen LogP contribution in [-0.4, -0.2) is 50.2 Å². The molecule has 0 aliphatic carbocycles. The van der Waals surface area contributed by atoms with Crippen molar-refractivity contribution in [3.05, 3.63) is 133 Å². The zero-order chi connectivity index (χ0) is 46.5. The van der Waals surface area contributed by atoms with E-state index in [-0.39, 0.29) is 26.7 Å². The predicted octanol–water partition coefficient (Wildman–Crippen LogP) is 11.4. The average molecular weight is 959 g/mol. The summed E-state index contributed by atoms with van der Waals surface area (Å²) < 4.78 is 105. The van der Waals surface area contributed by atoms with E-state index in [1.807, 2.05) is 6.92 Å². The molecule has 0 fully saturated rings. The molecule has 0 radical (unpaired) electrons. The number of benzene rings is 7. The van der Waals surface area contributed by atoms with Gasteiger partial charge in [0.15, 0.2) is 0 Å². The standard InChI is InChI=1S/C40H30N8O13S4/c1-23-16-31(46-43-27-8-6-26(7-9-27)41-40(49)42-30-4-2-25-18-34(63(51,52)53)22-39(35(25)19-30)65(57,58)59)14-15-37(23)48-45-29-12-10-28(11-13-29)44-47-32-5-3-24-17-33(62-61-60-50)21-38(36(24)20-32)64(54,55)56/h2-22,50H,1H3,(H2,41,42,49)(H,51,52,53)(H,54,55,56)(H,57,58,59). The molecule has 6 N–H and O–H groups in total. The maximum Gasteiger partial charge on any atom is 0.323 e. The fraction of sp³-hybridized carbons (Fsp3) is 0.0250. The third-order valence-electron chi connectivity index (χ3n) is 9.03. The lowest BCUT2D eigenvalue weighted by Gasteiger charge is -2.11. The second-order valence-electron chi connectivity index (χ2n) is 13.5. The summed E-state index contributed by atoms with van der Waals surface area (Å²) in [6.45, 7) is 1.83. The number of anilines is 2. The molecular weight excluding hydrogens is 929 g/mol. The van der Waals surface area contributed by atoms with Crippen molar-refractivity contribution in [3.8, 4) is 0 Å². The normalized spacial score (nSPS) is 12.5. The fourth-order valence-electron chi connectivity index (χ4n) is 6.05. The van der Waals surface area contributed by atoms with Crippen LogP contribution in [0.5, 0.6) is 0 Å². The number of amides is 2. The Bertz CT molecular complexity index is 3430. The lowest BCUT2D eigenvalue weighted by atomic mass is 10.1. The van der Waals surface area contributed by atoms with Crippen molar-refractivity contribution in [2.24, 2.45) is 30.7 Å². The van der Waals surface area contributed by atoms with E-state index >= 15 is 0 Å². The molecule has 0 spiro atoms. The van der Waals surface area contributed by atoms with Crippen molar-refractivity contribution in [3.63, 3.8) is 0 Å². The highest BCUT2D eigenvalue weighted by Gasteiger charge is 2.21. The van der Waals surface area contributed by atoms with Crippen LogP contribution in [0.15, 0.2) is 178 Å². The van der Waals surface area contributed by atoms with Crippen molar-refractivity contribution >= 4 is 115 Å². The van der Waals surface area contributed by atoms with Crippen molar-refractivity contribution in [2.45, 2.75) is 26.5 Å². The van der Waals surface area contributed by atoms with E-state index in [4.69, 9.17) is 5.26 Å². The quantitative estimate of drug-likeness (QED) is 0.0194. The molecule has 0 saturated carbocycles. The number of nitrogens with zero attached hydrogens (tertiary/aromatic N) is 6. The summed E-state index contributed by atoms with van der Waals surface area (Å²) in [4.78, 5) is 11.1. The number of rotatable bonds is 14. The van der Waals surface area contributed by atoms with Crippen LogP contribution in [-0.2, 0) is 39.7 Å². The summed E-state index contributed by atoms with van der Waals surface area (Å²) in [7, 11) is -14.3. The number of azo groups is 3. The first-order valence-electron chi connectivity index (χ1n) is 18.2. The van der Waals surface area contributed by atoms with E-state index < -0.39 is 51.1 Å². The fourth-order valence-corrected chi connectivity index (χ4v) is 8.65. The first-order chi connectivity index (χ1) is 30.8. The molecule has 0 saturated heterocycles. The number of carbonyl (C=O) groups is 1. The number of urea groups is 1. The Hall–Kier alpha value is -6.91. The minimum atomic E-state index is -4.92. The van der Waals surface area contributed by atoms with Crippen LogP contribution < -0.4 is 10.6 Å². The van der Waals surface area contributed by atoms with Gasteiger partial charge in [-0.25, -0.2) is 10.1 Å². The zero-order valence-electron chi connectivity index (χ0n) is 32.9. The van der Waals surface area contributed by atoms with Gasteiger partial charge in [-0.2, -0.15) is 55.9 Å². The molecule has 25 heteroatoms. The monoisotopic (exact) mass is 958 g/mol. The number of nitrogens with one attached hydrogen (secondary N) is 2. The topological polar surface area (TPSA) is 317 Å². The van der Waals surface area contributed by atoms with Gasteiger partial charge in [0.1, 0.15) is 9.79 Å². The molecule has 0 bridgehead atoms. The Morgan fingerprint density at radius 1 is 0.523 bits per heavy atom. The Labute approximate surface area is 372 Å². The van der Waals surface area contributed by atoms with E-state index in [1.165, 1.54) is 24.3 Å². The van der Waals surface area contributed by atoms with Gasteiger partial charge in [-0.15, -0.1) is 4.33 Å². The van der Waals surface area contributed by atoms with E-state index in [2.05, 4.69) is 50.7 Å². The third-order valence-corrected chi connectivity index (χ3v) is 12.2. The summed E-state index contributed by atoms with van der Waals surface area (Å²) in [5.41, 5.74) is 4.14. The molecule has 65 heavy (non-hydrogen) atoms. The summed E-state index contributed by atoms with van der Waals surface area (Å²) in [5.74, 6) is 0. The number of hydrogen-bond donors (Lipinski definition) is 6. The van der Waals surface area contributed by atoms with Crippen LogP contribution in [0.3, 0.4) is 0 Å². The van der Waals surface area contributed by atoms with Crippen molar-refractivity contribution in [1.82, 2.24) is 0 Å². The minimum absolute atomic E-state index is 0.0632. The lowest BCUT2D eigenvalue weighted by Crippen LogP contribution is -2.19. The van der Waals surface area contributed by atoms with Gasteiger partial charge in [-0.3, -0.25) is 13.7 Å². The number of carbonyl (C=O) groups excluding carboxylic acids is 1. The van der Waals surface area contributed by atoms with Gasteiger partial charge in [-0.05, 0) is 139 Å². The highest BCUT2D eigenvalue weighted by molar-refractivity contribution is 7.94. The van der Waals surface area contributed by atoms with Gasteiger partial charge < -0.3 is 10.6 Å². The minimum Gasteiger partial charge on any atom is -0.308 e. The first-order valence-corrected chi connectivity index (χ1v) is 23.3. The molecule has 7 aromatic rings. The lowest BCUT2D eigenvalue weighted by molar-refractivity contribution is -0.432. The second-order valence-corrected chi connectivity index (χ2v) is 18.5. The van der Waals surface area contributed by atoms with Gasteiger partial charge in [0.2, 0.25) is 0 Å². The molecule has 0 aliphatic heterocycles. The van der Waals surface area contributed by atoms with Gasteiger partial charge in [0, 0.05) is 27.0 Å². The highest BCUT2D eigenvalue weighted by Crippen LogP contribution is 2.35. The maximum absolute atomic E-state index is 12.7. The van der Waals surface area contributed by atoms with Gasteiger partial charge in [0.25, 0.3) is 30.4 Å². The molecule has 0 heterocycles. The summed E-state index contributed by atoms with van der Waals surface area (Å²) in [6, 6.07) is 30.4. The second kappa shape index (κ2) is 19.1. The Balaban J connectivity index is 0.942. The van der Waals surface area contributed by atoms with Crippen molar-refractivity contribution in [2.75, 3.05) is 10.6 Å². The largest absolute Gasteiger partial charge is 0.323 e. The third kappa shape index (κ3) is 11.8. The Morgan fingerprint density at radius 2 is 1.00 bits per heavy atom. The summed E-state index contributed by atoms with van der Waals surface area (Å²) >= 11 is 0.541. The Kier molecular flexibility index (Phi) is 13.5. The molecule has 0 aliphatic rings. The van der Waals surface area contributed by atoms with Crippen LogP contribution >= 0.6 is 12.0 Å². The molecular formula is C40H30N8O13S4. The number of aryl methyl sites for hydroxylation is 1. The van der Waals surface area contributed by atoms with Crippen molar-refractivity contribution in [1.29, 1.82) is 0 Å². The zero-order valence-corrected chi connectivity index (χ0v) is 36.2. The van der Waals surface area contributed by atoms with Crippen LogP contribution in [0.25, 0.3) is 21.5 Å². The van der Waals surface area contributed by atoms with Crippen LogP contribution in [0.2, 0.25) is 0 Å². The molecule has 7 rings (SSSR count). The van der Waals surface area contributed by atoms with E-state index in [0.717, 1.165) is 17.7 Å². The van der Waals surface area contributed by atoms with Gasteiger partial charge in [0.05, 0.1) is 51.1 Å². The van der Waals surface area contributed by atoms with Crippen LogP contribution in [0, 0.1) is 6.92 Å². The van der Waals surface area contributed by atoms with Crippen molar-refractivity contribution < 1.29 is 58.3 Å². The summed E-state index contributed by atoms with van der Waals surface area (Å²) in [5, 5.41) is 43.2. The molecule has 0 unspecified atom stereocenters. The SMILES string of the molecule is Cc1cc(N=Nc2ccc(NC(=O)Nc3ccc4cc(S(=O)(=O)O)cc(S(=O)(=O)O)c4c3)cc2)ccc1N=Nc1ccc(N=Nc2ccc3cc(SOOO)cc(S(=O)(=O)O)c3c2)cc1. The Morgan fingerprint density at radius 3 is 1.60 bits per heavy atom. The number of hydrogen-bond acceptors (Lipinski definition) is 17. The van der Waals surface area contributed by atoms with Gasteiger partial charge in [-0.1, -0.05) is 17.2 Å². The molecule has 7 aromatic carbocycles.